The molecule has 0 atom stereocenters. The summed E-state index contributed by atoms with van der Waals surface area (Å²) in [6, 6.07) is 4.50. The Labute approximate surface area is 106 Å². The standard InChI is InChI=1S/C13H17FN2O2/c1-13(2,3)18-12(17)16-7-9-6-10(14)4-5-11(9)15-8-16/h4-6,15H,7-8H2,1-3H3. The van der Waals surface area contributed by atoms with Gasteiger partial charge in [-0.05, 0) is 44.5 Å². The first kappa shape index (κ1) is 12.7. The largest absolute Gasteiger partial charge is 0.444 e. The number of halogens is 1. The van der Waals surface area contributed by atoms with Crippen molar-refractivity contribution >= 4 is 11.8 Å². The highest BCUT2D eigenvalue weighted by Crippen LogP contribution is 2.24. The van der Waals surface area contributed by atoms with Crippen LogP contribution in [-0.2, 0) is 11.3 Å². The van der Waals surface area contributed by atoms with Crippen LogP contribution in [0.3, 0.4) is 0 Å². The van der Waals surface area contributed by atoms with Crippen LogP contribution in [0.5, 0.6) is 0 Å². The molecule has 0 aliphatic carbocycles. The number of hydrogen-bond donors (Lipinski definition) is 1. The normalized spacial score (nSPS) is 14.8. The summed E-state index contributed by atoms with van der Waals surface area (Å²) in [5.41, 5.74) is 1.09. The molecule has 1 heterocycles. The molecule has 1 aromatic rings. The molecular weight excluding hydrogens is 235 g/mol. The molecule has 4 nitrogen and oxygen atoms in total. The highest BCUT2D eigenvalue weighted by molar-refractivity contribution is 5.70. The first-order valence-corrected chi connectivity index (χ1v) is 5.85. The van der Waals surface area contributed by atoms with Crippen LogP contribution < -0.4 is 5.32 Å². The van der Waals surface area contributed by atoms with Crippen molar-refractivity contribution in [3.63, 3.8) is 0 Å². The van der Waals surface area contributed by atoms with E-state index in [0.29, 0.717) is 13.2 Å². The van der Waals surface area contributed by atoms with Crippen molar-refractivity contribution in [2.24, 2.45) is 0 Å². The maximum absolute atomic E-state index is 13.1. The van der Waals surface area contributed by atoms with Crippen LogP contribution in [0.15, 0.2) is 18.2 Å². The maximum atomic E-state index is 13.1. The van der Waals surface area contributed by atoms with E-state index < -0.39 is 11.7 Å². The van der Waals surface area contributed by atoms with E-state index in [1.165, 1.54) is 17.0 Å². The molecule has 1 aliphatic rings. The molecule has 0 unspecified atom stereocenters. The molecule has 0 saturated heterocycles. The number of amides is 1. The van der Waals surface area contributed by atoms with Crippen molar-refractivity contribution in [1.29, 1.82) is 0 Å². The van der Waals surface area contributed by atoms with Crippen molar-refractivity contribution in [2.45, 2.75) is 32.9 Å². The van der Waals surface area contributed by atoms with Gasteiger partial charge in [-0.1, -0.05) is 0 Å². The number of anilines is 1. The van der Waals surface area contributed by atoms with Crippen molar-refractivity contribution in [1.82, 2.24) is 4.90 Å². The SMILES string of the molecule is CC(C)(C)OC(=O)N1CNc2ccc(F)cc2C1. The van der Waals surface area contributed by atoms with E-state index >= 15 is 0 Å². The summed E-state index contributed by atoms with van der Waals surface area (Å²) >= 11 is 0. The van der Waals surface area contributed by atoms with Gasteiger partial charge in [0.05, 0.1) is 13.2 Å². The van der Waals surface area contributed by atoms with E-state index in [-0.39, 0.29) is 5.82 Å². The van der Waals surface area contributed by atoms with E-state index in [4.69, 9.17) is 4.74 Å². The second-order valence-electron chi connectivity index (χ2n) is 5.31. The van der Waals surface area contributed by atoms with Gasteiger partial charge in [0.1, 0.15) is 11.4 Å². The van der Waals surface area contributed by atoms with Crippen molar-refractivity contribution in [3.05, 3.63) is 29.6 Å². The molecule has 1 aliphatic heterocycles. The quantitative estimate of drug-likeness (QED) is 0.771. The Hall–Kier alpha value is -1.78. The second kappa shape index (κ2) is 4.48. The Balaban J connectivity index is 2.09. The molecule has 0 fully saturated rings. The summed E-state index contributed by atoms with van der Waals surface area (Å²) in [5, 5.41) is 3.07. The lowest BCUT2D eigenvalue weighted by atomic mass is 10.1. The highest BCUT2D eigenvalue weighted by Gasteiger charge is 2.25. The second-order valence-corrected chi connectivity index (χ2v) is 5.31. The number of nitrogens with one attached hydrogen (secondary N) is 1. The summed E-state index contributed by atoms with van der Waals surface area (Å²) in [4.78, 5) is 13.4. The zero-order valence-electron chi connectivity index (χ0n) is 10.8. The molecule has 0 radical (unpaired) electrons. The molecular formula is C13H17FN2O2. The van der Waals surface area contributed by atoms with Crippen LogP contribution in [0.1, 0.15) is 26.3 Å². The Bertz CT molecular complexity index is 469. The highest BCUT2D eigenvalue weighted by atomic mass is 19.1. The lowest BCUT2D eigenvalue weighted by Crippen LogP contribution is -2.41. The van der Waals surface area contributed by atoms with Crippen LogP contribution in [0.4, 0.5) is 14.9 Å². The molecule has 0 spiro atoms. The average molecular weight is 252 g/mol. The van der Waals surface area contributed by atoms with Gasteiger partial charge in [-0.2, -0.15) is 0 Å². The number of nitrogens with zero attached hydrogens (tertiary/aromatic N) is 1. The molecule has 0 aromatic heterocycles. The predicted molar refractivity (Wildman–Crippen MR) is 66.7 cm³/mol. The summed E-state index contributed by atoms with van der Waals surface area (Å²) in [5.74, 6) is -0.304. The fourth-order valence-electron chi connectivity index (χ4n) is 1.76. The Morgan fingerprint density at radius 2 is 2.17 bits per heavy atom. The molecule has 1 N–H and O–H groups in total. The Morgan fingerprint density at radius 1 is 1.44 bits per heavy atom. The van der Waals surface area contributed by atoms with Gasteiger partial charge in [0.15, 0.2) is 0 Å². The number of carbonyl (C=O) groups excluding carboxylic acids is 1. The van der Waals surface area contributed by atoms with Crippen LogP contribution in [-0.4, -0.2) is 23.3 Å². The number of benzene rings is 1. The molecule has 5 heteroatoms. The van der Waals surface area contributed by atoms with Gasteiger partial charge >= 0.3 is 6.09 Å². The van der Waals surface area contributed by atoms with Gasteiger partial charge in [-0.25, -0.2) is 9.18 Å². The monoisotopic (exact) mass is 252 g/mol. The molecule has 1 aromatic carbocycles. The molecule has 2 rings (SSSR count). The fraction of sp³-hybridized carbons (Fsp3) is 0.462. The van der Waals surface area contributed by atoms with E-state index in [1.54, 1.807) is 6.07 Å². The van der Waals surface area contributed by atoms with Crippen molar-refractivity contribution in [3.8, 4) is 0 Å². The summed E-state index contributed by atoms with van der Waals surface area (Å²) < 4.78 is 18.4. The summed E-state index contributed by atoms with van der Waals surface area (Å²) in [7, 11) is 0. The number of rotatable bonds is 0. The minimum absolute atomic E-state index is 0.304. The number of fused-ring (bicyclic) bond motifs is 1. The molecule has 98 valence electrons. The third kappa shape index (κ3) is 2.91. The zero-order chi connectivity index (χ0) is 13.3. The van der Waals surface area contributed by atoms with E-state index in [2.05, 4.69) is 5.32 Å². The lowest BCUT2D eigenvalue weighted by molar-refractivity contribution is 0.0241. The van der Waals surface area contributed by atoms with Gasteiger partial charge in [0.2, 0.25) is 0 Å². The first-order chi connectivity index (χ1) is 8.35. The fourth-order valence-corrected chi connectivity index (χ4v) is 1.76. The van der Waals surface area contributed by atoms with Gasteiger partial charge in [0, 0.05) is 5.69 Å². The zero-order valence-corrected chi connectivity index (χ0v) is 10.8. The number of ether oxygens (including phenoxy) is 1. The van der Waals surface area contributed by atoms with E-state index in [0.717, 1.165) is 11.3 Å². The van der Waals surface area contributed by atoms with Gasteiger partial charge < -0.3 is 10.1 Å². The van der Waals surface area contributed by atoms with Gasteiger partial charge in [-0.3, -0.25) is 4.90 Å². The number of hydrogen-bond acceptors (Lipinski definition) is 3. The predicted octanol–water partition coefficient (Wildman–Crippen LogP) is 2.95. The molecule has 1 amide bonds. The van der Waals surface area contributed by atoms with Crippen molar-refractivity contribution < 1.29 is 13.9 Å². The third-order valence-corrected chi connectivity index (χ3v) is 2.54. The Kier molecular flexibility index (Phi) is 3.15. The van der Waals surface area contributed by atoms with E-state index in [9.17, 15) is 9.18 Å². The van der Waals surface area contributed by atoms with Gasteiger partial charge in [0.25, 0.3) is 0 Å². The lowest BCUT2D eigenvalue weighted by Gasteiger charge is -2.31. The van der Waals surface area contributed by atoms with Crippen LogP contribution in [0.2, 0.25) is 0 Å². The smallest absolute Gasteiger partial charge is 0.412 e. The maximum Gasteiger partial charge on any atom is 0.412 e. The van der Waals surface area contributed by atoms with Crippen LogP contribution >= 0.6 is 0 Å². The average Bonchev–Trinajstić information content (AvgIpc) is 2.25. The molecule has 18 heavy (non-hydrogen) atoms. The van der Waals surface area contributed by atoms with E-state index in [1.807, 2.05) is 20.8 Å². The van der Waals surface area contributed by atoms with Crippen LogP contribution in [0.25, 0.3) is 0 Å². The minimum atomic E-state index is -0.528. The third-order valence-electron chi connectivity index (χ3n) is 2.54. The molecule has 0 bridgehead atoms. The topological polar surface area (TPSA) is 41.6 Å². The minimum Gasteiger partial charge on any atom is -0.444 e. The van der Waals surface area contributed by atoms with Crippen molar-refractivity contribution in [2.75, 3.05) is 12.0 Å². The summed E-state index contributed by atoms with van der Waals surface area (Å²) in [6.07, 6.45) is -0.398. The first-order valence-electron chi connectivity index (χ1n) is 5.85. The number of carbonyl (C=O) groups is 1. The summed E-state index contributed by atoms with van der Waals surface area (Å²) in [6.45, 7) is 6.17. The Morgan fingerprint density at radius 3 is 2.83 bits per heavy atom. The molecule has 0 saturated carbocycles. The van der Waals surface area contributed by atoms with Crippen LogP contribution in [0, 0.1) is 5.82 Å². The van der Waals surface area contributed by atoms with Gasteiger partial charge in [-0.15, -0.1) is 0 Å².